The van der Waals surface area contributed by atoms with Gasteiger partial charge in [0.25, 0.3) is 10.1 Å². The Morgan fingerprint density at radius 3 is 2.56 bits per heavy atom. The third-order valence-electron chi connectivity index (χ3n) is 10.5. The van der Waals surface area contributed by atoms with Crippen LogP contribution in [-0.4, -0.2) is 26.0 Å². The van der Waals surface area contributed by atoms with Crippen molar-refractivity contribution in [1.82, 2.24) is 0 Å². The molecule has 1 N–H and O–H groups in total. The van der Waals surface area contributed by atoms with Crippen molar-refractivity contribution in [1.29, 1.82) is 0 Å². The number of carbonyl (C=O) groups is 1. The molecule has 1 aromatic carbocycles. The Bertz CT molecular complexity index is 1140. The Hall–Kier alpha value is -1.66. The van der Waals surface area contributed by atoms with E-state index in [-0.39, 0.29) is 33.5 Å². The van der Waals surface area contributed by atoms with Gasteiger partial charge < -0.3 is 4.74 Å². The van der Waals surface area contributed by atoms with Crippen molar-refractivity contribution in [2.75, 3.05) is 7.11 Å². The summed E-state index contributed by atoms with van der Waals surface area (Å²) >= 11 is 0. The van der Waals surface area contributed by atoms with Crippen LogP contribution in [0.5, 0.6) is 0 Å². The van der Waals surface area contributed by atoms with Crippen LogP contribution in [0.1, 0.15) is 82.3 Å². The molecule has 3 saturated carbocycles. The van der Waals surface area contributed by atoms with E-state index in [1.165, 1.54) is 12.7 Å². The van der Waals surface area contributed by atoms with E-state index in [1.54, 1.807) is 12.1 Å². The molecule has 34 heavy (non-hydrogen) atoms. The van der Waals surface area contributed by atoms with Gasteiger partial charge in [-0.25, -0.2) is 0 Å². The number of aryl methyl sites for hydroxylation is 1. The molecule has 186 valence electrons. The van der Waals surface area contributed by atoms with Gasteiger partial charge >= 0.3 is 5.97 Å². The van der Waals surface area contributed by atoms with Crippen LogP contribution in [0.2, 0.25) is 0 Å². The van der Waals surface area contributed by atoms with Crippen molar-refractivity contribution in [2.24, 2.45) is 34.5 Å². The number of hydrogen-bond acceptors (Lipinski definition) is 4. The van der Waals surface area contributed by atoms with Crippen molar-refractivity contribution in [3.05, 3.63) is 41.0 Å². The highest BCUT2D eigenvalue weighted by Gasteiger charge is 2.60. The first kappa shape index (κ1) is 24.1. The molecule has 1 aromatic rings. The highest BCUT2D eigenvalue weighted by Crippen LogP contribution is 2.67. The van der Waals surface area contributed by atoms with Crippen LogP contribution in [0.4, 0.5) is 0 Å². The molecule has 6 heteroatoms. The number of fused-ring (bicyclic) bond motifs is 5. The summed E-state index contributed by atoms with van der Waals surface area (Å²) in [5.74, 6) is 1.88. The lowest BCUT2D eigenvalue weighted by Gasteiger charge is -2.58. The van der Waals surface area contributed by atoms with Gasteiger partial charge in [-0.3, -0.25) is 9.35 Å². The molecule has 0 spiro atoms. The number of ether oxygens (including phenoxy) is 1. The van der Waals surface area contributed by atoms with Crippen LogP contribution in [0.25, 0.3) is 0 Å². The predicted octanol–water partition coefficient (Wildman–Crippen LogP) is 6.08. The summed E-state index contributed by atoms with van der Waals surface area (Å²) in [5.41, 5.74) is 3.42. The average Bonchev–Trinajstić information content (AvgIpc) is 3.14. The van der Waals surface area contributed by atoms with E-state index < -0.39 is 10.1 Å². The van der Waals surface area contributed by atoms with E-state index >= 15 is 0 Å². The average molecular weight is 487 g/mol. The fourth-order valence-electron chi connectivity index (χ4n) is 8.68. The van der Waals surface area contributed by atoms with Crippen molar-refractivity contribution in [3.63, 3.8) is 0 Å². The standard InChI is InChI=1S/C28H38O5S/c1-17-5-10-25(34(30,31)32)21(15-17)18-11-13-27(2)19(16-18)6-7-20-22-8-9-24(26(29)33-4)28(22,3)14-12-23(20)27/h5-6,10,15,18,20,22-24H,7-9,11-14,16H2,1-4H3,(H,30,31,32)/t18-,20?,22?,23?,24+,27-,28-/m0/s1. The van der Waals surface area contributed by atoms with Gasteiger partial charge in [0.05, 0.1) is 17.9 Å². The molecule has 5 rings (SSSR count). The zero-order valence-electron chi connectivity index (χ0n) is 20.8. The number of esters is 1. The minimum absolute atomic E-state index is 0.0255. The number of hydrogen-bond donors (Lipinski definition) is 1. The molecule has 0 heterocycles. The maximum Gasteiger partial charge on any atom is 0.309 e. The second-order valence-corrected chi connectivity index (χ2v) is 13.3. The van der Waals surface area contributed by atoms with Crippen LogP contribution in [0, 0.1) is 41.4 Å². The molecule has 0 amide bonds. The van der Waals surface area contributed by atoms with Gasteiger partial charge in [-0.1, -0.05) is 43.2 Å². The predicted molar refractivity (Wildman–Crippen MR) is 131 cm³/mol. The lowest BCUT2D eigenvalue weighted by Crippen LogP contribution is -2.50. The summed E-state index contributed by atoms with van der Waals surface area (Å²) in [6, 6.07) is 5.26. The summed E-state index contributed by atoms with van der Waals surface area (Å²) in [4.78, 5) is 12.6. The Kier molecular flexibility index (Phi) is 5.80. The van der Waals surface area contributed by atoms with Crippen molar-refractivity contribution >= 4 is 16.1 Å². The monoisotopic (exact) mass is 486 g/mol. The number of rotatable bonds is 3. The number of benzene rings is 1. The highest BCUT2D eigenvalue weighted by molar-refractivity contribution is 7.85. The second kappa shape index (κ2) is 8.19. The normalized spacial score (nSPS) is 39.4. The molecule has 3 unspecified atom stereocenters. The molecule has 5 nitrogen and oxygen atoms in total. The largest absolute Gasteiger partial charge is 0.469 e. The minimum atomic E-state index is -4.25. The highest BCUT2D eigenvalue weighted by atomic mass is 32.2. The third kappa shape index (κ3) is 3.59. The van der Waals surface area contributed by atoms with Gasteiger partial charge in [0.15, 0.2) is 0 Å². The van der Waals surface area contributed by atoms with E-state index in [9.17, 15) is 17.8 Å². The molecular weight excluding hydrogens is 448 g/mol. The lowest BCUT2D eigenvalue weighted by atomic mass is 9.47. The van der Waals surface area contributed by atoms with Gasteiger partial charge in [-0.15, -0.1) is 0 Å². The zero-order valence-corrected chi connectivity index (χ0v) is 21.7. The molecule has 0 aliphatic heterocycles. The van der Waals surface area contributed by atoms with Gasteiger partial charge in [-0.2, -0.15) is 8.42 Å². The molecular formula is C28H38O5S. The first-order valence-corrected chi connectivity index (χ1v) is 14.3. The first-order valence-electron chi connectivity index (χ1n) is 12.8. The summed E-state index contributed by atoms with van der Waals surface area (Å²) in [6.07, 6.45) is 10.6. The van der Waals surface area contributed by atoms with Crippen LogP contribution in [-0.2, 0) is 19.6 Å². The summed E-state index contributed by atoms with van der Waals surface area (Å²) < 4.78 is 39.2. The molecule has 0 saturated heterocycles. The van der Waals surface area contributed by atoms with Gasteiger partial charge in [0.1, 0.15) is 0 Å². The Morgan fingerprint density at radius 2 is 1.85 bits per heavy atom. The summed E-state index contributed by atoms with van der Waals surface area (Å²) in [5, 5.41) is 0. The molecule has 3 fully saturated rings. The topological polar surface area (TPSA) is 80.7 Å². The fraction of sp³-hybridized carbons (Fsp3) is 0.679. The van der Waals surface area contributed by atoms with Crippen LogP contribution < -0.4 is 0 Å². The molecule has 7 atom stereocenters. The zero-order chi connectivity index (χ0) is 24.5. The maximum atomic E-state index is 12.5. The van der Waals surface area contributed by atoms with E-state index in [0.717, 1.165) is 62.5 Å². The van der Waals surface area contributed by atoms with Gasteiger partial charge in [0, 0.05) is 0 Å². The Morgan fingerprint density at radius 1 is 1.09 bits per heavy atom. The minimum Gasteiger partial charge on any atom is -0.469 e. The van der Waals surface area contributed by atoms with Gasteiger partial charge in [0.2, 0.25) is 0 Å². The molecule has 4 aliphatic rings. The lowest BCUT2D eigenvalue weighted by molar-refractivity contribution is -0.152. The second-order valence-electron chi connectivity index (χ2n) is 11.9. The Labute approximate surface area is 204 Å². The third-order valence-corrected chi connectivity index (χ3v) is 11.4. The molecule has 4 aliphatic carbocycles. The van der Waals surface area contributed by atoms with Crippen LogP contribution in [0.3, 0.4) is 0 Å². The maximum absolute atomic E-state index is 12.5. The van der Waals surface area contributed by atoms with E-state index in [1.807, 2.05) is 13.0 Å². The quantitative estimate of drug-likeness (QED) is 0.318. The van der Waals surface area contributed by atoms with Crippen molar-refractivity contribution < 1.29 is 22.5 Å². The number of carbonyl (C=O) groups excluding carboxylic acids is 1. The molecule has 0 bridgehead atoms. The fourth-order valence-corrected chi connectivity index (χ4v) is 9.44. The SMILES string of the molecule is COC(=O)[C@H]1CCC2C3CC=C4C[C@@H](c5cc(C)ccc5S(=O)(=O)O)CC[C@]4(C)C3CC[C@@]21C. The van der Waals surface area contributed by atoms with Crippen LogP contribution in [0.15, 0.2) is 34.7 Å². The molecule has 0 aromatic heterocycles. The van der Waals surface area contributed by atoms with E-state index in [2.05, 4.69) is 19.9 Å². The van der Waals surface area contributed by atoms with E-state index in [0.29, 0.717) is 17.8 Å². The smallest absolute Gasteiger partial charge is 0.309 e. The number of allylic oxidation sites excluding steroid dienone is 2. The number of methoxy groups -OCH3 is 1. The Balaban J connectivity index is 1.44. The van der Waals surface area contributed by atoms with Gasteiger partial charge in [-0.05, 0) is 104 Å². The molecule has 0 radical (unpaired) electrons. The van der Waals surface area contributed by atoms with Crippen LogP contribution >= 0.6 is 0 Å². The first-order chi connectivity index (χ1) is 16.0. The van der Waals surface area contributed by atoms with Crippen molar-refractivity contribution in [2.45, 2.75) is 83.0 Å². The van der Waals surface area contributed by atoms with Crippen molar-refractivity contribution in [3.8, 4) is 0 Å². The summed E-state index contributed by atoms with van der Waals surface area (Å²) in [6.45, 7) is 6.73. The van der Waals surface area contributed by atoms with E-state index in [4.69, 9.17) is 4.74 Å². The summed E-state index contributed by atoms with van der Waals surface area (Å²) in [7, 11) is -2.74.